The summed E-state index contributed by atoms with van der Waals surface area (Å²) in [4.78, 5) is 14.9. The van der Waals surface area contributed by atoms with Crippen molar-refractivity contribution in [3.05, 3.63) is 23.2 Å². The SMILES string of the molecule is NC(=O)c1nc2ccc(B(O)O)cc2s1. The molecule has 5 nitrogen and oxygen atoms in total. The van der Waals surface area contributed by atoms with Crippen molar-refractivity contribution in [1.82, 2.24) is 4.98 Å². The normalized spacial score (nSPS) is 10.5. The summed E-state index contributed by atoms with van der Waals surface area (Å²) in [6.45, 7) is 0. The maximum Gasteiger partial charge on any atom is 0.488 e. The monoisotopic (exact) mass is 222 g/mol. The molecule has 0 fully saturated rings. The van der Waals surface area contributed by atoms with Gasteiger partial charge in [0, 0.05) is 0 Å². The number of amides is 1. The largest absolute Gasteiger partial charge is 0.488 e. The summed E-state index contributed by atoms with van der Waals surface area (Å²) < 4.78 is 0.703. The van der Waals surface area contributed by atoms with Crippen molar-refractivity contribution in [2.24, 2.45) is 5.73 Å². The van der Waals surface area contributed by atoms with Gasteiger partial charge in [0.25, 0.3) is 5.91 Å². The Hall–Kier alpha value is -1.44. The molecule has 2 rings (SSSR count). The van der Waals surface area contributed by atoms with Crippen molar-refractivity contribution in [3.63, 3.8) is 0 Å². The molecule has 76 valence electrons. The Morgan fingerprint density at radius 2 is 2.20 bits per heavy atom. The van der Waals surface area contributed by atoms with Gasteiger partial charge in [-0.05, 0) is 17.6 Å². The third-order valence-electron chi connectivity index (χ3n) is 1.92. The number of aromatic nitrogens is 1. The highest BCUT2D eigenvalue weighted by atomic mass is 32.1. The zero-order valence-electron chi connectivity index (χ0n) is 7.54. The Morgan fingerprint density at radius 1 is 1.47 bits per heavy atom. The molecule has 1 amide bonds. The number of nitrogens with two attached hydrogens (primary N) is 1. The van der Waals surface area contributed by atoms with E-state index in [1.165, 1.54) is 6.07 Å². The van der Waals surface area contributed by atoms with Gasteiger partial charge in [-0.15, -0.1) is 11.3 Å². The number of hydrogen-bond acceptors (Lipinski definition) is 5. The van der Waals surface area contributed by atoms with Crippen molar-refractivity contribution in [2.45, 2.75) is 0 Å². The number of benzene rings is 1. The number of nitrogens with zero attached hydrogens (tertiary/aromatic N) is 1. The second kappa shape index (κ2) is 3.61. The Labute approximate surface area is 89.3 Å². The van der Waals surface area contributed by atoms with Crippen LogP contribution in [0, 0.1) is 0 Å². The zero-order valence-corrected chi connectivity index (χ0v) is 8.36. The lowest BCUT2D eigenvalue weighted by atomic mass is 9.80. The number of carbonyl (C=O) groups is 1. The van der Waals surface area contributed by atoms with Crippen LogP contribution in [-0.2, 0) is 0 Å². The van der Waals surface area contributed by atoms with Crippen molar-refractivity contribution in [2.75, 3.05) is 0 Å². The Morgan fingerprint density at radius 3 is 2.80 bits per heavy atom. The molecule has 0 saturated carbocycles. The molecule has 2 aromatic rings. The zero-order chi connectivity index (χ0) is 11.0. The Bertz CT molecular complexity index is 526. The van der Waals surface area contributed by atoms with Gasteiger partial charge in [0.15, 0.2) is 5.01 Å². The van der Waals surface area contributed by atoms with Gasteiger partial charge in [0.1, 0.15) is 0 Å². The highest BCUT2D eigenvalue weighted by Crippen LogP contribution is 2.20. The summed E-state index contributed by atoms with van der Waals surface area (Å²) in [6.07, 6.45) is 0. The summed E-state index contributed by atoms with van der Waals surface area (Å²) in [5.41, 5.74) is 6.07. The minimum Gasteiger partial charge on any atom is -0.423 e. The minimum absolute atomic E-state index is 0.217. The van der Waals surface area contributed by atoms with Gasteiger partial charge >= 0.3 is 7.12 Å². The van der Waals surface area contributed by atoms with Crippen LogP contribution >= 0.6 is 11.3 Å². The van der Waals surface area contributed by atoms with E-state index in [0.29, 0.717) is 15.7 Å². The number of fused-ring (bicyclic) bond motifs is 1. The van der Waals surface area contributed by atoms with E-state index in [9.17, 15) is 4.79 Å². The average molecular weight is 222 g/mol. The summed E-state index contributed by atoms with van der Waals surface area (Å²) in [6, 6.07) is 4.73. The molecule has 0 aliphatic heterocycles. The number of hydrogen-bond donors (Lipinski definition) is 3. The van der Waals surface area contributed by atoms with Crippen molar-refractivity contribution in [1.29, 1.82) is 0 Å². The average Bonchev–Trinajstić information content (AvgIpc) is 2.59. The van der Waals surface area contributed by atoms with Crippen LogP contribution in [0.2, 0.25) is 0 Å². The molecular weight excluding hydrogens is 215 g/mol. The lowest BCUT2D eigenvalue weighted by molar-refractivity contribution is 0.1000. The van der Waals surface area contributed by atoms with Crippen LogP contribution < -0.4 is 11.2 Å². The van der Waals surface area contributed by atoms with Crippen LogP contribution in [0.1, 0.15) is 9.80 Å². The topological polar surface area (TPSA) is 96.4 Å². The molecule has 0 aliphatic carbocycles. The minimum atomic E-state index is -1.52. The predicted octanol–water partition coefficient (Wildman–Crippen LogP) is -0.925. The molecule has 0 bridgehead atoms. The standard InChI is InChI=1S/C8H7BN2O3S/c10-7(12)8-11-5-2-1-4(9(13)14)3-6(5)15-8/h1-3,13-14H,(H2,10,12). The first-order chi connectivity index (χ1) is 7.08. The van der Waals surface area contributed by atoms with Crippen molar-refractivity contribution >= 4 is 40.0 Å². The molecule has 0 unspecified atom stereocenters. The fraction of sp³-hybridized carbons (Fsp3) is 0. The second-order valence-corrected chi connectivity index (χ2v) is 4.01. The molecule has 0 atom stereocenters. The lowest BCUT2D eigenvalue weighted by Crippen LogP contribution is -2.29. The highest BCUT2D eigenvalue weighted by Gasteiger charge is 2.14. The summed E-state index contributed by atoms with van der Waals surface area (Å²) in [5.74, 6) is -0.581. The lowest BCUT2D eigenvalue weighted by Gasteiger charge is -1.96. The summed E-state index contributed by atoms with van der Waals surface area (Å²) in [7, 11) is -1.52. The van der Waals surface area contributed by atoms with E-state index in [2.05, 4.69) is 4.98 Å². The molecule has 0 aliphatic rings. The van der Waals surface area contributed by atoms with Crippen LogP contribution in [-0.4, -0.2) is 28.1 Å². The number of carbonyl (C=O) groups excluding carboxylic acids is 1. The first kappa shape index (κ1) is 10.1. The van der Waals surface area contributed by atoms with E-state index in [1.807, 2.05) is 0 Å². The van der Waals surface area contributed by atoms with E-state index < -0.39 is 13.0 Å². The molecule has 1 aromatic carbocycles. The smallest absolute Gasteiger partial charge is 0.423 e. The summed E-state index contributed by atoms with van der Waals surface area (Å²) >= 11 is 1.13. The molecule has 1 aromatic heterocycles. The molecule has 15 heavy (non-hydrogen) atoms. The van der Waals surface area contributed by atoms with Gasteiger partial charge in [-0.3, -0.25) is 4.79 Å². The van der Waals surface area contributed by atoms with Gasteiger partial charge in [0.05, 0.1) is 10.2 Å². The molecule has 0 radical (unpaired) electrons. The third kappa shape index (κ3) is 1.85. The maximum absolute atomic E-state index is 10.9. The first-order valence-corrected chi connectivity index (χ1v) is 4.96. The van der Waals surface area contributed by atoms with Crippen LogP contribution in [0.4, 0.5) is 0 Å². The maximum atomic E-state index is 10.9. The molecule has 0 spiro atoms. The highest BCUT2D eigenvalue weighted by molar-refractivity contribution is 7.20. The van der Waals surface area contributed by atoms with E-state index in [0.717, 1.165) is 11.3 Å². The van der Waals surface area contributed by atoms with Crippen LogP contribution in [0.3, 0.4) is 0 Å². The van der Waals surface area contributed by atoms with E-state index >= 15 is 0 Å². The van der Waals surface area contributed by atoms with Crippen molar-refractivity contribution in [3.8, 4) is 0 Å². The van der Waals surface area contributed by atoms with Gasteiger partial charge < -0.3 is 15.8 Å². The fourth-order valence-corrected chi connectivity index (χ4v) is 2.07. The van der Waals surface area contributed by atoms with Gasteiger partial charge in [0.2, 0.25) is 0 Å². The van der Waals surface area contributed by atoms with Crippen LogP contribution in [0.15, 0.2) is 18.2 Å². The molecule has 4 N–H and O–H groups in total. The quantitative estimate of drug-likeness (QED) is 0.572. The molecule has 1 heterocycles. The number of thiazole rings is 1. The van der Waals surface area contributed by atoms with E-state index in [-0.39, 0.29) is 5.01 Å². The van der Waals surface area contributed by atoms with Crippen LogP contribution in [0.5, 0.6) is 0 Å². The molecule has 7 heteroatoms. The number of rotatable bonds is 2. The van der Waals surface area contributed by atoms with Gasteiger partial charge in [-0.1, -0.05) is 6.07 Å². The molecule has 0 saturated heterocycles. The van der Waals surface area contributed by atoms with Crippen LogP contribution in [0.25, 0.3) is 10.2 Å². The van der Waals surface area contributed by atoms with Gasteiger partial charge in [-0.25, -0.2) is 4.98 Å². The van der Waals surface area contributed by atoms with E-state index in [1.54, 1.807) is 12.1 Å². The fourth-order valence-electron chi connectivity index (χ4n) is 1.21. The second-order valence-electron chi connectivity index (χ2n) is 2.98. The van der Waals surface area contributed by atoms with Crippen molar-refractivity contribution < 1.29 is 14.8 Å². The summed E-state index contributed by atoms with van der Waals surface area (Å²) in [5, 5.41) is 18.1. The number of primary amides is 1. The Balaban J connectivity index is 2.57. The Kier molecular flexibility index (Phi) is 2.43. The first-order valence-electron chi connectivity index (χ1n) is 4.14. The molecular formula is C8H7BN2O3S. The predicted molar refractivity (Wildman–Crippen MR) is 58.0 cm³/mol. The van der Waals surface area contributed by atoms with E-state index in [4.69, 9.17) is 15.8 Å². The third-order valence-corrected chi connectivity index (χ3v) is 2.95. The van der Waals surface area contributed by atoms with Gasteiger partial charge in [-0.2, -0.15) is 0 Å².